The molecule has 0 aliphatic rings. The number of carboxylic acid groups (broad SMARTS) is 1. The van der Waals surface area contributed by atoms with Crippen molar-refractivity contribution in [3.8, 4) is 22.4 Å². The summed E-state index contributed by atoms with van der Waals surface area (Å²) in [6.07, 6.45) is 3.77. The van der Waals surface area contributed by atoms with Gasteiger partial charge in [-0.15, -0.1) is 0 Å². The standard InChI is InChI=1S/C26H24N4O2/c1-30(22-13-11-20(12-14-22)19-5-3-2-4-6-19)25-17-28-24(16-29-25)21-9-7-18(8-10-21)15-23(27)26(31)32/h2-14,16-17,23H,15,27H2,1H3,(H,31,32). The van der Waals surface area contributed by atoms with Crippen LogP contribution in [0.5, 0.6) is 0 Å². The van der Waals surface area contributed by atoms with Crippen molar-refractivity contribution < 1.29 is 9.90 Å². The number of nitrogens with two attached hydrogens (primary N) is 1. The average Bonchev–Trinajstić information content (AvgIpc) is 2.85. The minimum Gasteiger partial charge on any atom is -0.480 e. The molecule has 1 unspecified atom stereocenters. The van der Waals surface area contributed by atoms with Crippen LogP contribution in [0.1, 0.15) is 5.56 Å². The first-order valence-corrected chi connectivity index (χ1v) is 10.3. The fraction of sp³-hybridized carbons (Fsp3) is 0.115. The summed E-state index contributed by atoms with van der Waals surface area (Å²) in [5.41, 5.74) is 11.5. The van der Waals surface area contributed by atoms with E-state index in [9.17, 15) is 4.79 Å². The summed E-state index contributed by atoms with van der Waals surface area (Å²) in [5.74, 6) is -0.264. The summed E-state index contributed by atoms with van der Waals surface area (Å²) < 4.78 is 0. The Balaban J connectivity index is 1.45. The van der Waals surface area contributed by atoms with E-state index in [0.717, 1.165) is 33.9 Å². The smallest absolute Gasteiger partial charge is 0.320 e. The molecule has 1 aromatic heterocycles. The predicted molar refractivity (Wildman–Crippen MR) is 127 cm³/mol. The number of hydrogen-bond donors (Lipinski definition) is 2. The van der Waals surface area contributed by atoms with E-state index in [1.165, 1.54) is 5.56 Å². The van der Waals surface area contributed by atoms with Crippen LogP contribution in [0.2, 0.25) is 0 Å². The van der Waals surface area contributed by atoms with Gasteiger partial charge in [-0.25, -0.2) is 4.98 Å². The summed E-state index contributed by atoms with van der Waals surface area (Å²) >= 11 is 0. The molecule has 4 rings (SSSR count). The normalized spacial score (nSPS) is 11.7. The summed E-state index contributed by atoms with van der Waals surface area (Å²) in [6.45, 7) is 0. The number of aliphatic carboxylic acids is 1. The molecular weight excluding hydrogens is 400 g/mol. The van der Waals surface area contributed by atoms with E-state index < -0.39 is 12.0 Å². The third-order valence-electron chi connectivity index (χ3n) is 5.37. The molecule has 32 heavy (non-hydrogen) atoms. The van der Waals surface area contributed by atoms with Crippen molar-refractivity contribution in [2.24, 2.45) is 5.73 Å². The van der Waals surface area contributed by atoms with Crippen LogP contribution in [-0.2, 0) is 11.2 Å². The Labute approximate surface area is 187 Å². The molecule has 0 radical (unpaired) electrons. The lowest BCUT2D eigenvalue weighted by molar-refractivity contribution is -0.138. The van der Waals surface area contributed by atoms with Gasteiger partial charge in [0.1, 0.15) is 6.04 Å². The Kier molecular flexibility index (Phi) is 6.24. The van der Waals surface area contributed by atoms with Gasteiger partial charge in [0, 0.05) is 18.3 Å². The summed E-state index contributed by atoms with van der Waals surface area (Å²) in [7, 11) is 1.96. The molecule has 0 spiro atoms. The Morgan fingerprint density at radius 1 is 0.875 bits per heavy atom. The number of benzene rings is 3. The second-order valence-corrected chi connectivity index (χ2v) is 7.58. The highest BCUT2D eigenvalue weighted by Crippen LogP contribution is 2.26. The topological polar surface area (TPSA) is 92.3 Å². The first kappa shape index (κ1) is 21.2. The second-order valence-electron chi connectivity index (χ2n) is 7.58. The average molecular weight is 425 g/mol. The van der Waals surface area contributed by atoms with Crippen molar-refractivity contribution in [1.29, 1.82) is 0 Å². The van der Waals surface area contributed by atoms with E-state index in [2.05, 4.69) is 46.4 Å². The maximum atomic E-state index is 10.9. The van der Waals surface area contributed by atoms with E-state index in [-0.39, 0.29) is 6.42 Å². The van der Waals surface area contributed by atoms with Crippen LogP contribution < -0.4 is 10.6 Å². The highest BCUT2D eigenvalue weighted by atomic mass is 16.4. The molecule has 4 aromatic rings. The molecule has 1 atom stereocenters. The minimum atomic E-state index is -1.01. The van der Waals surface area contributed by atoms with Gasteiger partial charge in [0.05, 0.1) is 18.1 Å². The molecule has 0 aliphatic carbocycles. The summed E-state index contributed by atoms with van der Waals surface area (Å²) in [4.78, 5) is 22.0. The van der Waals surface area contributed by atoms with Crippen LogP contribution in [-0.4, -0.2) is 34.1 Å². The number of carboxylic acids is 1. The van der Waals surface area contributed by atoms with Crippen LogP contribution in [0.25, 0.3) is 22.4 Å². The first-order chi connectivity index (χ1) is 15.5. The van der Waals surface area contributed by atoms with Crippen LogP contribution in [0.4, 0.5) is 11.5 Å². The number of aromatic nitrogens is 2. The molecule has 0 bridgehead atoms. The fourth-order valence-electron chi connectivity index (χ4n) is 3.44. The van der Waals surface area contributed by atoms with Crippen molar-refractivity contribution in [3.05, 3.63) is 96.8 Å². The van der Waals surface area contributed by atoms with Gasteiger partial charge in [-0.2, -0.15) is 0 Å². The lowest BCUT2D eigenvalue weighted by Crippen LogP contribution is -2.32. The zero-order valence-electron chi connectivity index (χ0n) is 17.7. The van der Waals surface area contributed by atoms with Crippen molar-refractivity contribution in [3.63, 3.8) is 0 Å². The molecule has 0 aliphatic heterocycles. The van der Waals surface area contributed by atoms with Gasteiger partial charge in [0.15, 0.2) is 5.82 Å². The minimum absolute atomic E-state index is 0.286. The van der Waals surface area contributed by atoms with Gasteiger partial charge in [-0.05, 0) is 35.2 Å². The lowest BCUT2D eigenvalue weighted by atomic mass is 10.0. The highest BCUT2D eigenvalue weighted by molar-refractivity contribution is 5.73. The lowest BCUT2D eigenvalue weighted by Gasteiger charge is -2.18. The fourth-order valence-corrected chi connectivity index (χ4v) is 3.44. The maximum absolute atomic E-state index is 10.9. The van der Waals surface area contributed by atoms with Crippen molar-refractivity contribution in [1.82, 2.24) is 9.97 Å². The van der Waals surface area contributed by atoms with Gasteiger partial charge >= 0.3 is 5.97 Å². The first-order valence-electron chi connectivity index (χ1n) is 10.3. The zero-order chi connectivity index (χ0) is 22.5. The highest BCUT2D eigenvalue weighted by Gasteiger charge is 2.12. The van der Waals surface area contributed by atoms with E-state index in [1.54, 1.807) is 12.4 Å². The Morgan fingerprint density at radius 3 is 2.09 bits per heavy atom. The molecule has 0 fully saturated rings. The molecule has 6 heteroatoms. The molecule has 0 saturated heterocycles. The molecule has 3 aromatic carbocycles. The van der Waals surface area contributed by atoms with Crippen LogP contribution >= 0.6 is 0 Å². The second kappa shape index (κ2) is 9.41. The molecular formula is C26H24N4O2. The summed E-state index contributed by atoms with van der Waals surface area (Å²) in [6, 6.07) is 25.2. The predicted octanol–water partition coefficient (Wildman–Crippen LogP) is 4.53. The van der Waals surface area contributed by atoms with E-state index in [1.807, 2.05) is 54.4 Å². The van der Waals surface area contributed by atoms with E-state index in [0.29, 0.717) is 0 Å². The molecule has 0 saturated carbocycles. The third kappa shape index (κ3) is 4.82. The van der Waals surface area contributed by atoms with Crippen molar-refractivity contribution in [2.75, 3.05) is 11.9 Å². The third-order valence-corrected chi connectivity index (χ3v) is 5.37. The van der Waals surface area contributed by atoms with Crippen LogP contribution in [0.15, 0.2) is 91.3 Å². The number of hydrogen-bond acceptors (Lipinski definition) is 5. The van der Waals surface area contributed by atoms with Gasteiger partial charge in [0.25, 0.3) is 0 Å². The molecule has 1 heterocycles. The Bertz CT molecular complexity index is 1180. The molecule has 6 nitrogen and oxygen atoms in total. The summed E-state index contributed by atoms with van der Waals surface area (Å²) in [5, 5.41) is 8.95. The van der Waals surface area contributed by atoms with E-state index >= 15 is 0 Å². The number of carbonyl (C=O) groups is 1. The largest absolute Gasteiger partial charge is 0.480 e. The monoisotopic (exact) mass is 424 g/mol. The molecule has 0 amide bonds. The van der Waals surface area contributed by atoms with Gasteiger partial charge in [-0.1, -0.05) is 66.7 Å². The van der Waals surface area contributed by atoms with Gasteiger partial charge < -0.3 is 15.7 Å². The van der Waals surface area contributed by atoms with Crippen LogP contribution in [0, 0.1) is 0 Å². The number of anilines is 2. The van der Waals surface area contributed by atoms with Gasteiger partial charge in [-0.3, -0.25) is 9.78 Å². The Morgan fingerprint density at radius 2 is 1.50 bits per heavy atom. The zero-order valence-corrected chi connectivity index (χ0v) is 17.7. The Hall–Kier alpha value is -4.03. The SMILES string of the molecule is CN(c1ccc(-c2ccccc2)cc1)c1cnc(-c2ccc(CC(N)C(=O)O)cc2)cn1. The van der Waals surface area contributed by atoms with Crippen molar-refractivity contribution in [2.45, 2.75) is 12.5 Å². The van der Waals surface area contributed by atoms with Crippen molar-refractivity contribution >= 4 is 17.5 Å². The maximum Gasteiger partial charge on any atom is 0.320 e. The van der Waals surface area contributed by atoms with E-state index in [4.69, 9.17) is 10.8 Å². The molecule has 160 valence electrons. The quantitative estimate of drug-likeness (QED) is 0.453. The molecule has 3 N–H and O–H groups in total. The number of rotatable bonds is 7. The van der Waals surface area contributed by atoms with Crippen LogP contribution in [0.3, 0.4) is 0 Å². The van der Waals surface area contributed by atoms with Gasteiger partial charge in [0.2, 0.25) is 0 Å². The number of nitrogens with zero attached hydrogens (tertiary/aromatic N) is 3.